The van der Waals surface area contributed by atoms with E-state index in [1.807, 2.05) is 0 Å². The number of hydrogen-bond donors (Lipinski definition) is 1. The standard InChI is InChI=1S/C4H8N2O2/c1-4(8)5-6(2)3-7/h3H,1-2H3,(H,5,8). The van der Waals surface area contributed by atoms with Crippen LogP contribution in [0, 0.1) is 0 Å². The van der Waals surface area contributed by atoms with Crippen LogP contribution in [0.25, 0.3) is 0 Å². The van der Waals surface area contributed by atoms with Crippen LogP contribution in [0.1, 0.15) is 6.92 Å². The molecule has 0 aromatic carbocycles. The Morgan fingerprint density at radius 2 is 2.25 bits per heavy atom. The highest BCUT2D eigenvalue weighted by Gasteiger charge is 1.91. The monoisotopic (exact) mass is 116 g/mol. The van der Waals surface area contributed by atoms with Gasteiger partial charge in [0.2, 0.25) is 12.3 Å². The van der Waals surface area contributed by atoms with Gasteiger partial charge in [0, 0.05) is 14.0 Å². The first-order valence-corrected chi connectivity index (χ1v) is 2.12. The van der Waals surface area contributed by atoms with Crippen LogP contribution in [-0.4, -0.2) is 24.4 Å². The van der Waals surface area contributed by atoms with Gasteiger partial charge >= 0.3 is 0 Å². The summed E-state index contributed by atoms with van der Waals surface area (Å²) in [6.07, 6.45) is 0.515. The zero-order valence-electron chi connectivity index (χ0n) is 4.84. The largest absolute Gasteiger partial charge is 0.277 e. The van der Waals surface area contributed by atoms with E-state index in [1.165, 1.54) is 14.0 Å². The molecule has 0 unspecified atom stereocenters. The van der Waals surface area contributed by atoms with Crippen molar-refractivity contribution in [2.24, 2.45) is 0 Å². The Balaban J connectivity index is 3.38. The van der Waals surface area contributed by atoms with Gasteiger partial charge in [0.25, 0.3) is 0 Å². The highest BCUT2D eigenvalue weighted by Crippen LogP contribution is 1.63. The predicted molar refractivity (Wildman–Crippen MR) is 27.6 cm³/mol. The lowest BCUT2D eigenvalue weighted by atomic mass is 10.7. The summed E-state index contributed by atoms with van der Waals surface area (Å²) >= 11 is 0. The van der Waals surface area contributed by atoms with Crippen LogP contribution in [0.5, 0.6) is 0 Å². The number of nitrogens with zero attached hydrogens (tertiary/aromatic N) is 1. The van der Waals surface area contributed by atoms with Crippen molar-refractivity contribution in [2.75, 3.05) is 7.05 Å². The molecule has 4 nitrogen and oxygen atoms in total. The van der Waals surface area contributed by atoms with Crippen molar-refractivity contribution in [3.8, 4) is 0 Å². The van der Waals surface area contributed by atoms with E-state index in [0.717, 1.165) is 5.01 Å². The molecular formula is C4H8N2O2. The Morgan fingerprint density at radius 3 is 2.38 bits per heavy atom. The predicted octanol–water partition coefficient (Wildman–Crippen LogP) is -0.874. The molecule has 2 amide bonds. The van der Waals surface area contributed by atoms with Crippen LogP contribution >= 0.6 is 0 Å². The minimum atomic E-state index is -0.250. The summed E-state index contributed by atoms with van der Waals surface area (Å²) in [5.74, 6) is -0.250. The molecule has 46 valence electrons. The molecule has 8 heavy (non-hydrogen) atoms. The normalized spacial score (nSPS) is 7.75. The van der Waals surface area contributed by atoms with Gasteiger partial charge in [-0.25, -0.2) is 0 Å². The molecule has 0 aromatic heterocycles. The molecule has 0 heterocycles. The van der Waals surface area contributed by atoms with Crippen LogP contribution in [0.2, 0.25) is 0 Å². The second-order valence-electron chi connectivity index (χ2n) is 1.38. The van der Waals surface area contributed by atoms with E-state index in [1.54, 1.807) is 0 Å². The van der Waals surface area contributed by atoms with Crippen molar-refractivity contribution in [3.63, 3.8) is 0 Å². The van der Waals surface area contributed by atoms with Gasteiger partial charge in [-0.3, -0.25) is 20.0 Å². The van der Waals surface area contributed by atoms with Crippen LogP contribution in [0.4, 0.5) is 0 Å². The highest BCUT2D eigenvalue weighted by atomic mass is 16.2. The lowest BCUT2D eigenvalue weighted by Crippen LogP contribution is -2.36. The summed E-state index contributed by atoms with van der Waals surface area (Å²) in [6, 6.07) is 0. The van der Waals surface area contributed by atoms with Gasteiger partial charge in [-0.05, 0) is 0 Å². The number of nitrogens with one attached hydrogen (secondary N) is 1. The van der Waals surface area contributed by atoms with E-state index in [9.17, 15) is 9.59 Å². The Morgan fingerprint density at radius 1 is 1.75 bits per heavy atom. The summed E-state index contributed by atoms with van der Waals surface area (Å²) < 4.78 is 0. The van der Waals surface area contributed by atoms with E-state index in [-0.39, 0.29) is 5.91 Å². The third kappa shape index (κ3) is 3.14. The van der Waals surface area contributed by atoms with Crippen molar-refractivity contribution >= 4 is 12.3 Å². The van der Waals surface area contributed by atoms with Gasteiger partial charge in [-0.2, -0.15) is 0 Å². The molecule has 0 spiro atoms. The van der Waals surface area contributed by atoms with Gasteiger partial charge < -0.3 is 0 Å². The summed E-state index contributed by atoms with van der Waals surface area (Å²) in [5.41, 5.74) is 2.22. The van der Waals surface area contributed by atoms with Crippen molar-refractivity contribution in [1.29, 1.82) is 0 Å². The second-order valence-corrected chi connectivity index (χ2v) is 1.38. The molecule has 0 fully saturated rings. The van der Waals surface area contributed by atoms with Gasteiger partial charge in [-0.15, -0.1) is 0 Å². The second kappa shape index (κ2) is 3.01. The Labute approximate surface area is 47.4 Å². The lowest BCUT2D eigenvalue weighted by molar-refractivity contribution is -0.130. The number of hydrazine groups is 1. The fourth-order valence-electron chi connectivity index (χ4n) is 0.275. The molecule has 0 saturated heterocycles. The first kappa shape index (κ1) is 6.94. The van der Waals surface area contributed by atoms with Gasteiger partial charge in [0.05, 0.1) is 0 Å². The molecule has 0 aliphatic carbocycles. The van der Waals surface area contributed by atoms with Crippen molar-refractivity contribution in [2.45, 2.75) is 6.92 Å². The minimum absolute atomic E-state index is 0.250. The minimum Gasteiger partial charge on any atom is -0.277 e. The lowest BCUT2D eigenvalue weighted by Gasteiger charge is -2.08. The molecule has 0 saturated carbocycles. The quantitative estimate of drug-likeness (QED) is 0.376. The fraction of sp³-hybridized carbons (Fsp3) is 0.500. The maximum Gasteiger partial charge on any atom is 0.235 e. The van der Waals surface area contributed by atoms with E-state index < -0.39 is 0 Å². The summed E-state index contributed by atoms with van der Waals surface area (Å²) in [6.45, 7) is 1.33. The third-order valence-electron chi connectivity index (χ3n) is 0.492. The first-order valence-electron chi connectivity index (χ1n) is 2.12. The van der Waals surface area contributed by atoms with Gasteiger partial charge in [0.1, 0.15) is 0 Å². The van der Waals surface area contributed by atoms with Gasteiger partial charge in [0.15, 0.2) is 0 Å². The number of carbonyl (C=O) groups is 2. The summed E-state index contributed by atoms with van der Waals surface area (Å²) in [4.78, 5) is 19.9. The average molecular weight is 116 g/mol. The van der Waals surface area contributed by atoms with Crippen LogP contribution < -0.4 is 5.43 Å². The molecular weight excluding hydrogens is 108 g/mol. The average Bonchev–Trinajstić information content (AvgIpc) is 1.65. The maximum absolute atomic E-state index is 10.1. The fourth-order valence-corrected chi connectivity index (χ4v) is 0.275. The van der Waals surface area contributed by atoms with E-state index in [4.69, 9.17) is 0 Å². The molecule has 1 N–H and O–H groups in total. The van der Waals surface area contributed by atoms with Crippen LogP contribution in [-0.2, 0) is 9.59 Å². The summed E-state index contributed by atoms with van der Waals surface area (Å²) in [7, 11) is 1.45. The molecule has 0 bridgehead atoms. The van der Waals surface area contributed by atoms with Crippen molar-refractivity contribution in [1.82, 2.24) is 10.4 Å². The number of rotatable bonds is 2. The summed E-state index contributed by atoms with van der Waals surface area (Å²) in [5, 5.41) is 1.04. The molecule has 0 aromatic rings. The molecule has 4 heteroatoms. The number of carbonyl (C=O) groups excluding carboxylic acids is 2. The maximum atomic E-state index is 10.1. The zero-order valence-corrected chi connectivity index (χ0v) is 4.84. The van der Waals surface area contributed by atoms with E-state index >= 15 is 0 Å². The van der Waals surface area contributed by atoms with Gasteiger partial charge in [-0.1, -0.05) is 0 Å². The van der Waals surface area contributed by atoms with Crippen LogP contribution in [0.15, 0.2) is 0 Å². The van der Waals surface area contributed by atoms with E-state index in [0.29, 0.717) is 6.41 Å². The zero-order chi connectivity index (χ0) is 6.57. The Hall–Kier alpha value is -1.06. The molecule has 0 aliphatic heterocycles. The molecule has 0 aliphatic rings. The highest BCUT2D eigenvalue weighted by molar-refractivity contribution is 5.73. The van der Waals surface area contributed by atoms with Crippen molar-refractivity contribution < 1.29 is 9.59 Å². The SMILES string of the molecule is CC(=O)NN(C)C=O. The number of hydrogen-bond acceptors (Lipinski definition) is 2. The molecule has 0 rings (SSSR count). The topological polar surface area (TPSA) is 49.4 Å². The molecule has 0 radical (unpaired) electrons. The Kier molecular flexibility index (Phi) is 2.61. The first-order chi connectivity index (χ1) is 3.66. The Bertz CT molecular complexity index is 102. The van der Waals surface area contributed by atoms with Crippen molar-refractivity contribution in [3.05, 3.63) is 0 Å². The number of amides is 2. The smallest absolute Gasteiger partial charge is 0.235 e. The molecule has 0 atom stereocenters. The third-order valence-corrected chi connectivity index (χ3v) is 0.492. The van der Waals surface area contributed by atoms with E-state index in [2.05, 4.69) is 5.43 Å². The van der Waals surface area contributed by atoms with Crippen LogP contribution in [0.3, 0.4) is 0 Å².